The van der Waals surface area contributed by atoms with Gasteiger partial charge in [-0.25, -0.2) is 4.39 Å². The van der Waals surface area contributed by atoms with Crippen LogP contribution in [0.2, 0.25) is 0 Å². The number of hydrogen-bond donors (Lipinski definition) is 2. The summed E-state index contributed by atoms with van der Waals surface area (Å²) in [6.45, 7) is 1.70. The van der Waals surface area contributed by atoms with E-state index in [1.165, 1.54) is 12.1 Å². The lowest BCUT2D eigenvalue weighted by Gasteiger charge is -2.11. The molecule has 0 bridgehead atoms. The summed E-state index contributed by atoms with van der Waals surface area (Å²) in [6, 6.07) is 9.88. The molecule has 1 fully saturated rings. The molecule has 2 aromatic rings. The first-order chi connectivity index (χ1) is 11.2. The Bertz CT molecular complexity index is 673. The number of amides is 1. The van der Waals surface area contributed by atoms with Gasteiger partial charge in [0.15, 0.2) is 11.6 Å². The molecule has 3 rings (SSSR count). The zero-order valence-electron chi connectivity index (χ0n) is 12.6. The van der Waals surface area contributed by atoms with Crippen LogP contribution in [-0.2, 0) is 11.4 Å². The van der Waals surface area contributed by atoms with E-state index >= 15 is 0 Å². The van der Waals surface area contributed by atoms with E-state index in [-0.39, 0.29) is 24.2 Å². The first kappa shape index (κ1) is 15.4. The van der Waals surface area contributed by atoms with Crippen LogP contribution in [0.15, 0.2) is 42.6 Å². The lowest BCUT2D eigenvalue weighted by Crippen LogP contribution is -2.24. The molecule has 1 saturated heterocycles. The van der Waals surface area contributed by atoms with Gasteiger partial charge in [0, 0.05) is 24.5 Å². The number of hydrogen-bond acceptors (Lipinski definition) is 4. The van der Waals surface area contributed by atoms with Gasteiger partial charge < -0.3 is 15.4 Å². The van der Waals surface area contributed by atoms with Gasteiger partial charge in [0.25, 0.3) is 0 Å². The normalized spacial score (nSPS) is 17.0. The standard InChI is InChI=1S/C17H18FN3O2/c18-15-9-13(21-17(22)12-6-8-19-10-12)4-5-16(15)23-11-14-3-1-2-7-20-14/h1-5,7,9,12,19H,6,8,10-11H2,(H,21,22). The van der Waals surface area contributed by atoms with Crippen LogP contribution in [0.3, 0.4) is 0 Å². The van der Waals surface area contributed by atoms with Crippen molar-refractivity contribution in [1.82, 2.24) is 10.3 Å². The summed E-state index contributed by atoms with van der Waals surface area (Å²) in [6.07, 6.45) is 2.46. The molecule has 0 spiro atoms. The molecule has 1 atom stereocenters. The SMILES string of the molecule is O=C(Nc1ccc(OCc2ccccn2)c(F)c1)C1CCNC1. The molecule has 120 valence electrons. The number of nitrogens with one attached hydrogen (secondary N) is 2. The van der Waals surface area contributed by atoms with E-state index in [2.05, 4.69) is 15.6 Å². The highest BCUT2D eigenvalue weighted by Crippen LogP contribution is 2.23. The maximum absolute atomic E-state index is 14.1. The fourth-order valence-electron chi connectivity index (χ4n) is 2.45. The predicted octanol–water partition coefficient (Wildman–Crippen LogP) is 2.35. The van der Waals surface area contributed by atoms with Gasteiger partial charge in [-0.05, 0) is 37.2 Å². The fraction of sp³-hybridized carbons (Fsp3) is 0.294. The Labute approximate surface area is 133 Å². The summed E-state index contributed by atoms with van der Waals surface area (Å²) in [5, 5.41) is 5.87. The number of carbonyl (C=O) groups excluding carboxylic acids is 1. The van der Waals surface area contributed by atoms with Gasteiger partial charge in [-0.3, -0.25) is 9.78 Å². The van der Waals surface area contributed by atoms with Gasteiger partial charge in [0.2, 0.25) is 5.91 Å². The summed E-state index contributed by atoms with van der Waals surface area (Å²) in [4.78, 5) is 16.1. The molecule has 2 N–H and O–H groups in total. The topological polar surface area (TPSA) is 63.2 Å². The van der Waals surface area contributed by atoms with Crippen LogP contribution in [0.4, 0.5) is 10.1 Å². The third kappa shape index (κ3) is 4.04. The molecule has 0 radical (unpaired) electrons. The lowest BCUT2D eigenvalue weighted by molar-refractivity contribution is -0.119. The molecule has 2 heterocycles. The monoisotopic (exact) mass is 315 g/mol. The Morgan fingerprint density at radius 2 is 2.30 bits per heavy atom. The van der Waals surface area contributed by atoms with E-state index in [1.807, 2.05) is 12.1 Å². The first-order valence-electron chi connectivity index (χ1n) is 7.56. The highest BCUT2D eigenvalue weighted by molar-refractivity contribution is 5.92. The van der Waals surface area contributed by atoms with Gasteiger partial charge in [0.05, 0.1) is 11.6 Å². The van der Waals surface area contributed by atoms with Crippen molar-refractivity contribution in [3.63, 3.8) is 0 Å². The predicted molar refractivity (Wildman–Crippen MR) is 84.6 cm³/mol. The van der Waals surface area contributed by atoms with Crippen molar-refractivity contribution in [2.75, 3.05) is 18.4 Å². The molecule has 1 aromatic heterocycles. The summed E-state index contributed by atoms with van der Waals surface area (Å²) >= 11 is 0. The molecular formula is C17H18FN3O2. The number of ether oxygens (including phenoxy) is 1. The van der Waals surface area contributed by atoms with Gasteiger partial charge in [-0.2, -0.15) is 0 Å². The quantitative estimate of drug-likeness (QED) is 0.889. The van der Waals surface area contributed by atoms with E-state index < -0.39 is 5.82 Å². The first-order valence-corrected chi connectivity index (χ1v) is 7.56. The molecule has 1 aromatic carbocycles. The molecule has 0 aliphatic carbocycles. The Morgan fingerprint density at radius 1 is 1.39 bits per heavy atom. The number of carbonyl (C=O) groups is 1. The van der Waals surface area contributed by atoms with E-state index in [0.29, 0.717) is 12.2 Å². The van der Waals surface area contributed by atoms with Gasteiger partial charge in [-0.15, -0.1) is 0 Å². The molecule has 1 aliphatic heterocycles. The van der Waals surface area contributed by atoms with Crippen LogP contribution in [0, 0.1) is 11.7 Å². The van der Waals surface area contributed by atoms with E-state index in [4.69, 9.17) is 4.74 Å². The highest BCUT2D eigenvalue weighted by Gasteiger charge is 2.22. The van der Waals surface area contributed by atoms with Gasteiger partial charge in [-0.1, -0.05) is 6.07 Å². The number of aromatic nitrogens is 1. The van der Waals surface area contributed by atoms with Crippen molar-refractivity contribution in [2.45, 2.75) is 13.0 Å². The van der Waals surface area contributed by atoms with Crippen LogP contribution in [-0.4, -0.2) is 24.0 Å². The Balaban J connectivity index is 1.60. The molecule has 1 aliphatic rings. The summed E-state index contributed by atoms with van der Waals surface area (Å²) < 4.78 is 19.5. The van der Waals surface area contributed by atoms with E-state index in [0.717, 1.165) is 18.7 Å². The van der Waals surface area contributed by atoms with Crippen molar-refractivity contribution in [1.29, 1.82) is 0 Å². The molecule has 5 nitrogen and oxygen atoms in total. The minimum absolute atomic E-state index is 0.0573. The number of halogens is 1. The average Bonchev–Trinajstić information content (AvgIpc) is 3.10. The second-order valence-electron chi connectivity index (χ2n) is 5.43. The Kier molecular flexibility index (Phi) is 4.83. The van der Waals surface area contributed by atoms with Gasteiger partial charge in [0.1, 0.15) is 6.61 Å². The summed E-state index contributed by atoms with van der Waals surface area (Å²) in [5.74, 6) is -0.519. The molecule has 0 saturated carbocycles. The maximum Gasteiger partial charge on any atom is 0.228 e. The number of anilines is 1. The fourth-order valence-corrected chi connectivity index (χ4v) is 2.45. The molecule has 23 heavy (non-hydrogen) atoms. The largest absolute Gasteiger partial charge is 0.484 e. The van der Waals surface area contributed by atoms with Crippen LogP contribution in [0.1, 0.15) is 12.1 Å². The lowest BCUT2D eigenvalue weighted by atomic mass is 10.1. The van der Waals surface area contributed by atoms with Crippen molar-refractivity contribution < 1.29 is 13.9 Å². The molecule has 1 unspecified atom stereocenters. The van der Waals surface area contributed by atoms with Crippen molar-refractivity contribution in [3.8, 4) is 5.75 Å². The van der Waals surface area contributed by atoms with E-state index in [1.54, 1.807) is 18.3 Å². The van der Waals surface area contributed by atoms with Crippen LogP contribution in [0.25, 0.3) is 0 Å². The minimum atomic E-state index is -0.511. The van der Waals surface area contributed by atoms with Crippen molar-refractivity contribution in [3.05, 3.63) is 54.1 Å². The smallest absolute Gasteiger partial charge is 0.228 e. The zero-order valence-corrected chi connectivity index (χ0v) is 12.6. The molecule has 1 amide bonds. The maximum atomic E-state index is 14.1. The van der Waals surface area contributed by atoms with Crippen molar-refractivity contribution in [2.24, 2.45) is 5.92 Å². The third-order valence-corrected chi connectivity index (χ3v) is 3.73. The number of nitrogens with zero attached hydrogens (tertiary/aromatic N) is 1. The second-order valence-corrected chi connectivity index (χ2v) is 5.43. The van der Waals surface area contributed by atoms with Crippen LogP contribution in [0.5, 0.6) is 5.75 Å². The van der Waals surface area contributed by atoms with Crippen LogP contribution >= 0.6 is 0 Å². The van der Waals surface area contributed by atoms with Crippen molar-refractivity contribution >= 4 is 11.6 Å². The second kappa shape index (κ2) is 7.19. The summed E-state index contributed by atoms with van der Waals surface area (Å²) in [7, 11) is 0. The Morgan fingerprint density at radius 3 is 3.00 bits per heavy atom. The van der Waals surface area contributed by atoms with Crippen LogP contribution < -0.4 is 15.4 Å². The number of rotatable bonds is 5. The highest BCUT2D eigenvalue weighted by atomic mass is 19.1. The number of benzene rings is 1. The zero-order chi connectivity index (χ0) is 16.1. The third-order valence-electron chi connectivity index (χ3n) is 3.73. The molecule has 6 heteroatoms. The van der Waals surface area contributed by atoms with E-state index in [9.17, 15) is 9.18 Å². The average molecular weight is 315 g/mol. The summed E-state index contributed by atoms with van der Waals surface area (Å²) in [5.41, 5.74) is 1.16. The minimum Gasteiger partial charge on any atom is -0.484 e. The number of pyridine rings is 1. The molecular weight excluding hydrogens is 297 g/mol. The Hall–Kier alpha value is -2.47. The van der Waals surface area contributed by atoms with Gasteiger partial charge >= 0.3 is 0 Å².